The van der Waals surface area contributed by atoms with Gasteiger partial charge < -0.3 is 18.3 Å². The molecule has 1 fully saturated rings. The average molecular weight is 459 g/mol. The van der Waals surface area contributed by atoms with E-state index < -0.39 is 5.63 Å². The van der Waals surface area contributed by atoms with Crippen molar-refractivity contribution in [2.45, 2.75) is 46.1 Å². The number of pyridine rings is 1. The maximum atomic E-state index is 13.3. The van der Waals surface area contributed by atoms with Gasteiger partial charge in [-0.3, -0.25) is 9.59 Å². The summed E-state index contributed by atoms with van der Waals surface area (Å²) >= 11 is 0. The Morgan fingerprint density at radius 1 is 0.971 bits per heavy atom. The van der Waals surface area contributed by atoms with E-state index in [4.69, 9.17) is 8.83 Å². The highest BCUT2D eigenvalue weighted by Crippen LogP contribution is 2.35. The summed E-state index contributed by atoms with van der Waals surface area (Å²) in [5, 5.41) is 1.81. The first kappa shape index (κ1) is 21.0. The molecule has 1 saturated heterocycles. The highest BCUT2D eigenvalue weighted by molar-refractivity contribution is 5.97. The molecular formula is C27H26N2O5. The molecule has 34 heavy (non-hydrogen) atoms. The molecule has 2 aliphatic heterocycles. The molecule has 1 amide bonds. The number of amides is 1. The lowest BCUT2D eigenvalue weighted by molar-refractivity contribution is -0.133. The van der Waals surface area contributed by atoms with Crippen LogP contribution < -0.4 is 11.2 Å². The molecule has 4 aromatic rings. The van der Waals surface area contributed by atoms with Crippen LogP contribution in [0.15, 0.2) is 48.8 Å². The highest BCUT2D eigenvalue weighted by Gasteiger charge is 2.36. The molecule has 7 heteroatoms. The topological polar surface area (TPSA) is 85.7 Å². The van der Waals surface area contributed by atoms with E-state index in [-0.39, 0.29) is 29.7 Å². The first-order valence-electron chi connectivity index (χ1n) is 11.7. The lowest BCUT2D eigenvalue weighted by Crippen LogP contribution is -2.49. The first-order valence-corrected chi connectivity index (χ1v) is 11.7. The Kier molecular flexibility index (Phi) is 4.59. The number of carbonyl (C=O) groups is 1. The summed E-state index contributed by atoms with van der Waals surface area (Å²) in [6.07, 6.45) is 0.983. The zero-order valence-corrected chi connectivity index (χ0v) is 19.5. The molecule has 7 nitrogen and oxygen atoms in total. The molecule has 0 aliphatic carbocycles. The average Bonchev–Trinajstić information content (AvgIpc) is 3.08. The minimum absolute atomic E-state index is 0.00652. The minimum Gasteiger partial charge on any atom is -0.461 e. The van der Waals surface area contributed by atoms with Gasteiger partial charge in [0.05, 0.1) is 12.0 Å². The fourth-order valence-corrected chi connectivity index (χ4v) is 5.79. The second-order valence-corrected chi connectivity index (χ2v) is 9.79. The number of aromatic nitrogens is 1. The predicted molar refractivity (Wildman–Crippen MR) is 128 cm³/mol. The van der Waals surface area contributed by atoms with Crippen molar-refractivity contribution >= 4 is 27.8 Å². The van der Waals surface area contributed by atoms with Gasteiger partial charge in [0, 0.05) is 54.2 Å². The SMILES string of the molecule is Cc1oc2cc3oc(=O)c(CC(=O)N4C[C@@H]5C[C@H](C4)c4cccc(=O)n4C5)c(C)c3cc2c1C. The Morgan fingerprint density at radius 3 is 2.56 bits per heavy atom. The summed E-state index contributed by atoms with van der Waals surface area (Å²) in [6.45, 7) is 7.59. The highest BCUT2D eigenvalue weighted by atomic mass is 16.4. The lowest BCUT2D eigenvalue weighted by Gasteiger charge is -2.42. The van der Waals surface area contributed by atoms with Crippen molar-refractivity contribution in [3.63, 3.8) is 0 Å². The number of benzene rings is 1. The summed E-state index contributed by atoms with van der Waals surface area (Å²) in [6, 6.07) is 9.12. The van der Waals surface area contributed by atoms with E-state index in [1.54, 1.807) is 18.2 Å². The van der Waals surface area contributed by atoms with Crippen LogP contribution in [0.1, 0.15) is 40.5 Å². The molecule has 0 radical (unpaired) electrons. The van der Waals surface area contributed by atoms with Crippen LogP contribution in [0, 0.1) is 26.7 Å². The van der Waals surface area contributed by atoms with Gasteiger partial charge in [-0.15, -0.1) is 0 Å². The van der Waals surface area contributed by atoms with Gasteiger partial charge in [0.1, 0.15) is 16.9 Å². The molecule has 0 unspecified atom stereocenters. The smallest absolute Gasteiger partial charge is 0.340 e. The molecule has 174 valence electrons. The number of hydrogen-bond donors (Lipinski definition) is 0. The van der Waals surface area contributed by atoms with Crippen LogP contribution in [0.5, 0.6) is 0 Å². The Labute approximate surface area is 195 Å². The summed E-state index contributed by atoms with van der Waals surface area (Å²) in [5.74, 6) is 1.14. The van der Waals surface area contributed by atoms with E-state index in [0.717, 1.165) is 39.8 Å². The van der Waals surface area contributed by atoms with Gasteiger partial charge in [0.15, 0.2) is 0 Å². The van der Waals surface area contributed by atoms with Gasteiger partial charge in [-0.2, -0.15) is 0 Å². The Bertz CT molecular complexity index is 1610. The largest absolute Gasteiger partial charge is 0.461 e. The normalized spacial score (nSPS) is 19.6. The molecular weight excluding hydrogens is 432 g/mol. The van der Waals surface area contributed by atoms with Gasteiger partial charge >= 0.3 is 5.63 Å². The van der Waals surface area contributed by atoms with Crippen LogP contribution in [0.3, 0.4) is 0 Å². The van der Waals surface area contributed by atoms with Crippen LogP contribution in [0.4, 0.5) is 0 Å². The summed E-state index contributed by atoms with van der Waals surface area (Å²) in [7, 11) is 0. The Morgan fingerprint density at radius 2 is 1.74 bits per heavy atom. The van der Waals surface area contributed by atoms with Gasteiger partial charge in [-0.05, 0) is 56.4 Å². The monoisotopic (exact) mass is 458 g/mol. The van der Waals surface area contributed by atoms with Crippen molar-refractivity contribution in [2.24, 2.45) is 5.92 Å². The van der Waals surface area contributed by atoms with Crippen molar-refractivity contribution in [2.75, 3.05) is 13.1 Å². The van der Waals surface area contributed by atoms with E-state index in [1.165, 1.54) is 0 Å². The molecule has 6 rings (SSSR count). The molecule has 0 N–H and O–H groups in total. The van der Waals surface area contributed by atoms with Gasteiger partial charge in [0.25, 0.3) is 5.56 Å². The van der Waals surface area contributed by atoms with Gasteiger partial charge in [-0.25, -0.2) is 4.79 Å². The molecule has 5 heterocycles. The Hall–Kier alpha value is -3.61. The zero-order valence-electron chi connectivity index (χ0n) is 19.5. The third-order valence-corrected chi connectivity index (χ3v) is 7.74. The first-order chi connectivity index (χ1) is 16.3. The van der Waals surface area contributed by atoms with Crippen LogP contribution in [0.2, 0.25) is 0 Å². The molecule has 3 aromatic heterocycles. The molecule has 0 spiro atoms. The van der Waals surface area contributed by atoms with E-state index in [1.807, 2.05) is 42.4 Å². The quantitative estimate of drug-likeness (QED) is 0.427. The predicted octanol–water partition coefficient (Wildman–Crippen LogP) is 3.81. The van der Waals surface area contributed by atoms with Crippen LogP contribution in [-0.4, -0.2) is 28.5 Å². The second-order valence-electron chi connectivity index (χ2n) is 9.79. The zero-order chi connectivity index (χ0) is 23.7. The fraction of sp³-hybridized carbons (Fsp3) is 0.370. The standard InChI is InChI=1S/C27H26N2O5/c1-14-16(3)33-23-10-24-20(8-19(14)23)15(2)21(27(32)34-24)9-26(31)28-11-17-7-18(13-28)22-5-4-6-25(30)29(22)12-17/h4-6,8,10,17-18H,7,9,11-13H2,1-3H3/t17-,18+/m0/s1. The summed E-state index contributed by atoms with van der Waals surface area (Å²) < 4.78 is 13.3. The third kappa shape index (κ3) is 3.14. The van der Waals surface area contributed by atoms with Crippen molar-refractivity contribution in [1.29, 1.82) is 0 Å². The maximum Gasteiger partial charge on any atom is 0.340 e. The van der Waals surface area contributed by atoms with Crippen LogP contribution in [0.25, 0.3) is 21.9 Å². The lowest BCUT2D eigenvalue weighted by atomic mass is 9.83. The van der Waals surface area contributed by atoms with E-state index in [2.05, 4.69) is 0 Å². The number of furan rings is 1. The third-order valence-electron chi connectivity index (χ3n) is 7.74. The number of aryl methyl sites for hydroxylation is 3. The van der Waals surface area contributed by atoms with Crippen molar-refractivity contribution in [1.82, 2.24) is 9.47 Å². The molecule has 0 saturated carbocycles. The maximum absolute atomic E-state index is 13.3. The Balaban J connectivity index is 1.33. The number of likely N-dealkylation sites (tertiary alicyclic amines) is 1. The van der Waals surface area contributed by atoms with Crippen LogP contribution >= 0.6 is 0 Å². The number of carbonyl (C=O) groups excluding carboxylic acids is 1. The fourth-order valence-electron chi connectivity index (χ4n) is 5.79. The van der Waals surface area contributed by atoms with E-state index in [9.17, 15) is 14.4 Å². The van der Waals surface area contributed by atoms with Crippen molar-refractivity contribution < 1.29 is 13.6 Å². The summed E-state index contributed by atoms with van der Waals surface area (Å²) in [4.78, 5) is 40.3. The minimum atomic E-state index is -0.480. The number of piperidine rings is 1. The second kappa shape index (κ2) is 7.45. The molecule has 2 aliphatic rings. The summed E-state index contributed by atoms with van der Waals surface area (Å²) in [5.41, 5.74) is 3.93. The molecule has 2 bridgehead atoms. The molecule has 1 aromatic carbocycles. The molecule has 2 atom stereocenters. The van der Waals surface area contributed by atoms with E-state index >= 15 is 0 Å². The number of hydrogen-bond acceptors (Lipinski definition) is 5. The van der Waals surface area contributed by atoms with E-state index in [0.29, 0.717) is 36.4 Å². The van der Waals surface area contributed by atoms with Gasteiger partial charge in [-0.1, -0.05) is 6.07 Å². The van der Waals surface area contributed by atoms with Crippen molar-refractivity contribution in [3.05, 3.63) is 79.3 Å². The van der Waals surface area contributed by atoms with Crippen LogP contribution in [-0.2, 0) is 17.8 Å². The number of nitrogens with zero attached hydrogens (tertiary/aromatic N) is 2. The van der Waals surface area contributed by atoms with Crippen molar-refractivity contribution in [3.8, 4) is 0 Å². The number of rotatable bonds is 2. The van der Waals surface area contributed by atoms with Gasteiger partial charge in [0.2, 0.25) is 5.91 Å². The number of fused-ring (bicyclic) bond motifs is 6.